The Balaban J connectivity index is 1.62. The molecule has 0 radical (unpaired) electrons. The number of rotatable bonds is 5. The highest BCUT2D eigenvalue weighted by Gasteiger charge is 2.34. The number of hydrogen-bond donors (Lipinski definition) is 1. The Morgan fingerprint density at radius 1 is 1.08 bits per heavy atom. The van der Waals surface area contributed by atoms with Gasteiger partial charge in [-0.15, -0.1) is 0 Å². The Hall–Kier alpha value is -2.62. The zero-order valence-corrected chi connectivity index (χ0v) is 14.5. The molecule has 3 rings (SSSR count). The molecule has 0 spiro atoms. The molecular weight excluding hydrogens is 312 g/mol. The molecule has 0 bridgehead atoms. The van der Waals surface area contributed by atoms with Crippen molar-refractivity contribution >= 4 is 17.5 Å². The van der Waals surface area contributed by atoms with Crippen molar-refractivity contribution in [3.05, 3.63) is 66.2 Å². The molecular formula is C21H24N2O2. The number of carbonyl (C=O) groups excluding carboxylic acids is 2. The lowest BCUT2D eigenvalue weighted by atomic mass is 9.97. The molecule has 4 nitrogen and oxygen atoms in total. The fraction of sp³-hybridized carbons (Fsp3) is 0.333. The largest absolute Gasteiger partial charge is 0.331 e. The number of amides is 2. The van der Waals surface area contributed by atoms with Crippen LogP contribution >= 0.6 is 0 Å². The van der Waals surface area contributed by atoms with Gasteiger partial charge in [0.05, 0.1) is 0 Å². The van der Waals surface area contributed by atoms with Gasteiger partial charge < -0.3 is 10.2 Å². The van der Waals surface area contributed by atoms with Crippen molar-refractivity contribution in [3.8, 4) is 0 Å². The van der Waals surface area contributed by atoms with E-state index in [-0.39, 0.29) is 23.8 Å². The highest BCUT2D eigenvalue weighted by molar-refractivity contribution is 5.97. The SMILES string of the molecule is C[C@H](CC(=O)N1CCC[C@@H]1C(=O)Nc1ccccc1)c1ccccc1. The molecule has 0 aliphatic carbocycles. The molecule has 4 heteroatoms. The first-order valence-corrected chi connectivity index (χ1v) is 8.85. The van der Waals surface area contributed by atoms with Crippen molar-refractivity contribution < 1.29 is 9.59 Å². The van der Waals surface area contributed by atoms with Gasteiger partial charge in [0.15, 0.2) is 0 Å². The second-order valence-electron chi connectivity index (χ2n) is 6.62. The first-order chi connectivity index (χ1) is 12.1. The van der Waals surface area contributed by atoms with E-state index in [1.165, 1.54) is 0 Å². The summed E-state index contributed by atoms with van der Waals surface area (Å²) in [6.07, 6.45) is 2.03. The second-order valence-corrected chi connectivity index (χ2v) is 6.62. The molecule has 1 saturated heterocycles. The standard InChI is InChI=1S/C21H24N2O2/c1-16(17-9-4-2-5-10-17)15-20(24)23-14-8-13-19(23)21(25)22-18-11-6-3-7-12-18/h2-7,9-12,16,19H,8,13-15H2,1H3,(H,22,25)/t16-,19-/m1/s1. The molecule has 0 unspecified atom stereocenters. The lowest BCUT2D eigenvalue weighted by Gasteiger charge is -2.25. The third-order valence-electron chi connectivity index (χ3n) is 4.77. The van der Waals surface area contributed by atoms with Gasteiger partial charge in [-0.25, -0.2) is 0 Å². The van der Waals surface area contributed by atoms with Crippen molar-refractivity contribution in [2.45, 2.75) is 38.1 Å². The van der Waals surface area contributed by atoms with Gasteiger partial charge >= 0.3 is 0 Å². The predicted octanol–water partition coefficient (Wildman–Crippen LogP) is 3.81. The Bertz CT molecular complexity index is 715. The summed E-state index contributed by atoms with van der Waals surface area (Å²) < 4.78 is 0. The maximum atomic E-state index is 12.7. The highest BCUT2D eigenvalue weighted by atomic mass is 16.2. The van der Waals surface area contributed by atoms with Gasteiger partial charge in [-0.2, -0.15) is 0 Å². The molecule has 1 aliphatic rings. The van der Waals surface area contributed by atoms with Crippen molar-refractivity contribution in [1.29, 1.82) is 0 Å². The fourth-order valence-corrected chi connectivity index (χ4v) is 3.36. The number of para-hydroxylation sites is 1. The second kappa shape index (κ2) is 7.97. The maximum Gasteiger partial charge on any atom is 0.247 e. The molecule has 2 aromatic carbocycles. The summed E-state index contributed by atoms with van der Waals surface area (Å²) in [5.74, 6) is 0.110. The van der Waals surface area contributed by atoms with E-state index >= 15 is 0 Å². The van der Waals surface area contributed by atoms with Gasteiger partial charge in [0.25, 0.3) is 0 Å². The van der Waals surface area contributed by atoms with Crippen LogP contribution in [0.5, 0.6) is 0 Å². The Kier molecular flexibility index (Phi) is 5.49. The van der Waals surface area contributed by atoms with Gasteiger partial charge in [0, 0.05) is 18.7 Å². The molecule has 0 saturated carbocycles. The molecule has 2 amide bonds. The Morgan fingerprint density at radius 3 is 2.40 bits per heavy atom. The first kappa shape index (κ1) is 17.2. The summed E-state index contributed by atoms with van der Waals surface area (Å²) >= 11 is 0. The zero-order chi connectivity index (χ0) is 17.6. The molecule has 1 aliphatic heterocycles. The Labute approximate surface area is 148 Å². The van der Waals surface area contributed by atoms with E-state index in [4.69, 9.17) is 0 Å². The summed E-state index contributed by atoms with van der Waals surface area (Å²) in [7, 11) is 0. The predicted molar refractivity (Wildman–Crippen MR) is 99.3 cm³/mol. The van der Waals surface area contributed by atoms with E-state index in [0.717, 1.165) is 24.1 Å². The molecule has 0 aromatic heterocycles. The van der Waals surface area contributed by atoms with Crippen LogP contribution < -0.4 is 5.32 Å². The number of nitrogens with one attached hydrogen (secondary N) is 1. The van der Waals surface area contributed by atoms with Crippen LogP contribution in [-0.4, -0.2) is 29.3 Å². The summed E-state index contributed by atoms with van der Waals surface area (Å²) in [6.45, 7) is 2.72. The molecule has 1 fully saturated rings. The average Bonchev–Trinajstić information content (AvgIpc) is 3.13. The van der Waals surface area contributed by atoms with Crippen LogP contribution in [0.25, 0.3) is 0 Å². The maximum absolute atomic E-state index is 12.7. The summed E-state index contributed by atoms with van der Waals surface area (Å²) in [5, 5.41) is 2.92. The number of carbonyl (C=O) groups is 2. The average molecular weight is 336 g/mol. The van der Waals surface area contributed by atoms with Gasteiger partial charge in [0.2, 0.25) is 11.8 Å². The van der Waals surface area contributed by atoms with Crippen molar-refractivity contribution in [1.82, 2.24) is 4.90 Å². The lowest BCUT2D eigenvalue weighted by Crippen LogP contribution is -2.43. The number of nitrogens with zero attached hydrogens (tertiary/aromatic N) is 1. The third kappa shape index (κ3) is 4.27. The highest BCUT2D eigenvalue weighted by Crippen LogP contribution is 2.24. The van der Waals surface area contributed by atoms with Crippen LogP contribution in [0.4, 0.5) is 5.69 Å². The topological polar surface area (TPSA) is 49.4 Å². The van der Waals surface area contributed by atoms with E-state index < -0.39 is 0 Å². The Morgan fingerprint density at radius 2 is 1.72 bits per heavy atom. The molecule has 2 atom stereocenters. The molecule has 2 aromatic rings. The number of anilines is 1. The molecule has 1 heterocycles. The van der Waals surface area contributed by atoms with E-state index in [1.54, 1.807) is 4.90 Å². The summed E-state index contributed by atoms with van der Waals surface area (Å²) in [5.41, 5.74) is 1.92. The van der Waals surface area contributed by atoms with E-state index in [9.17, 15) is 9.59 Å². The van der Waals surface area contributed by atoms with E-state index in [1.807, 2.05) is 60.7 Å². The van der Waals surface area contributed by atoms with Crippen molar-refractivity contribution in [2.24, 2.45) is 0 Å². The third-order valence-corrected chi connectivity index (χ3v) is 4.77. The van der Waals surface area contributed by atoms with Crippen molar-refractivity contribution in [3.63, 3.8) is 0 Å². The minimum Gasteiger partial charge on any atom is -0.331 e. The lowest BCUT2D eigenvalue weighted by molar-refractivity contribution is -0.136. The monoisotopic (exact) mass is 336 g/mol. The van der Waals surface area contributed by atoms with E-state index in [2.05, 4.69) is 12.2 Å². The van der Waals surface area contributed by atoms with Gasteiger partial charge in [-0.1, -0.05) is 55.5 Å². The molecule has 130 valence electrons. The number of likely N-dealkylation sites (tertiary alicyclic amines) is 1. The number of benzene rings is 2. The molecule has 25 heavy (non-hydrogen) atoms. The van der Waals surface area contributed by atoms with Gasteiger partial charge in [-0.3, -0.25) is 9.59 Å². The van der Waals surface area contributed by atoms with Crippen LogP contribution in [0.3, 0.4) is 0 Å². The summed E-state index contributed by atoms with van der Waals surface area (Å²) in [6, 6.07) is 19.1. The van der Waals surface area contributed by atoms with Gasteiger partial charge in [0.1, 0.15) is 6.04 Å². The van der Waals surface area contributed by atoms with Crippen LogP contribution in [0.15, 0.2) is 60.7 Å². The van der Waals surface area contributed by atoms with Gasteiger partial charge in [-0.05, 0) is 36.5 Å². The normalized spacial score (nSPS) is 18.0. The zero-order valence-electron chi connectivity index (χ0n) is 14.5. The first-order valence-electron chi connectivity index (χ1n) is 8.85. The van der Waals surface area contributed by atoms with Crippen LogP contribution in [-0.2, 0) is 9.59 Å². The van der Waals surface area contributed by atoms with E-state index in [0.29, 0.717) is 13.0 Å². The molecule has 1 N–H and O–H groups in total. The van der Waals surface area contributed by atoms with Crippen molar-refractivity contribution in [2.75, 3.05) is 11.9 Å². The summed E-state index contributed by atoms with van der Waals surface area (Å²) in [4.78, 5) is 27.1. The minimum atomic E-state index is -0.365. The number of hydrogen-bond acceptors (Lipinski definition) is 2. The van der Waals surface area contributed by atoms with Crippen LogP contribution in [0.2, 0.25) is 0 Å². The fourth-order valence-electron chi connectivity index (χ4n) is 3.36. The van der Waals surface area contributed by atoms with Crippen LogP contribution in [0, 0.1) is 0 Å². The minimum absolute atomic E-state index is 0.0575. The smallest absolute Gasteiger partial charge is 0.247 e. The quantitative estimate of drug-likeness (QED) is 0.902. The van der Waals surface area contributed by atoms with Crippen LogP contribution in [0.1, 0.15) is 37.7 Å².